The van der Waals surface area contributed by atoms with Gasteiger partial charge in [-0.15, -0.1) is 0 Å². The molecule has 5 heteroatoms. The van der Waals surface area contributed by atoms with Crippen LogP contribution < -0.4 is 0 Å². The van der Waals surface area contributed by atoms with E-state index in [9.17, 15) is 18.4 Å². The monoisotopic (exact) mass is 447 g/mol. The quantitative estimate of drug-likeness (QED) is 0.255. The van der Waals surface area contributed by atoms with Crippen LogP contribution in [0.3, 0.4) is 0 Å². The summed E-state index contributed by atoms with van der Waals surface area (Å²) >= 11 is 0. The Hall–Kier alpha value is -3.34. The van der Waals surface area contributed by atoms with Crippen molar-refractivity contribution in [1.29, 1.82) is 0 Å². The minimum atomic E-state index is -0.269. The number of nitrogens with zero attached hydrogens (tertiary/aromatic N) is 1. The number of hydrogen-bond donors (Lipinski definition) is 0. The third kappa shape index (κ3) is 5.36. The molecular weight excluding hydrogens is 420 g/mol. The van der Waals surface area contributed by atoms with E-state index in [1.165, 1.54) is 29.2 Å². The molecule has 3 aromatic rings. The zero-order chi connectivity index (χ0) is 23.2. The molecule has 0 aromatic heterocycles. The molecule has 4 rings (SSSR count). The second kappa shape index (κ2) is 10.5. The summed E-state index contributed by atoms with van der Waals surface area (Å²) in [5.74, 6) is -0.844. The number of rotatable bonds is 10. The van der Waals surface area contributed by atoms with E-state index in [0.717, 1.165) is 49.7 Å². The zero-order valence-electron chi connectivity index (χ0n) is 18.5. The number of imide groups is 1. The highest BCUT2D eigenvalue weighted by atomic mass is 19.1. The first-order valence-electron chi connectivity index (χ1n) is 11.5. The van der Waals surface area contributed by atoms with Gasteiger partial charge in [-0.3, -0.25) is 14.5 Å². The Labute approximate surface area is 193 Å². The number of carbonyl (C=O) groups excluding carboxylic acids is 2. The number of hydrogen-bond acceptors (Lipinski definition) is 2. The van der Waals surface area contributed by atoms with Crippen LogP contribution in [-0.4, -0.2) is 23.3 Å². The lowest BCUT2D eigenvalue weighted by molar-refractivity contribution is 0.0651. The van der Waals surface area contributed by atoms with Crippen LogP contribution in [0.25, 0.3) is 0 Å². The lowest BCUT2D eigenvalue weighted by Crippen LogP contribution is -2.30. The summed E-state index contributed by atoms with van der Waals surface area (Å²) in [5.41, 5.74) is 3.03. The molecule has 0 fully saturated rings. The molecule has 0 radical (unpaired) electrons. The van der Waals surface area contributed by atoms with Crippen LogP contribution in [0.4, 0.5) is 8.78 Å². The highest BCUT2D eigenvalue weighted by molar-refractivity contribution is 6.21. The lowest BCUT2D eigenvalue weighted by Gasteiger charge is -2.18. The van der Waals surface area contributed by atoms with E-state index < -0.39 is 0 Å². The Balaban J connectivity index is 1.24. The predicted molar refractivity (Wildman–Crippen MR) is 124 cm³/mol. The SMILES string of the molecule is O=C1c2ccccc2C(=O)N1CCCCCCCC(c1ccc(F)cc1)c1ccc(F)cc1. The molecule has 33 heavy (non-hydrogen) atoms. The molecule has 0 atom stereocenters. The molecule has 0 saturated carbocycles. The topological polar surface area (TPSA) is 37.4 Å². The van der Waals surface area contributed by atoms with Gasteiger partial charge >= 0.3 is 0 Å². The van der Waals surface area contributed by atoms with Crippen LogP contribution in [0, 0.1) is 11.6 Å². The number of carbonyl (C=O) groups is 2. The summed E-state index contributed by atoms with van der Waals surface area (Å²) in [6.45, 7) is 0.445. The van der Waals surface area contributed by atoms with Crippen LogP contribution in [0.2, 0.25) is 0 Å². The van der Waals surface area contributed by atoms with Gasteiger partial charge in [0.1, 0.15) is 11.6 Å². The summed E-state index contributed by atoms with van der Waals surface area (Å²) < 4.78 is 26.7. The number of fused-ring (bicyclic) bond motifs is 1. The fourth-order valence-corrected chi connectivity index (χ4v) is 4.51. The molecule has 2 amide bonds. The largest absolute Gasteiger partial charge is 0.274 e. The molecule has 170 valence electrons. The van der Waals surface area contributed by atoms with Gasteiger partial charge in [0.25, 0.3) is 11.8 Å². The Bertz CT molecular complexity index is 1030. The molecule has 0 bridgehead atoms. The molecule has 0 unspecified atom stereocenters. The van der Waals surface area contributed by atoms with Gasteiger partial charge < -0.3 is 0 Å². The first-order valence-corrected chi connectivity index (χ1v) is 11.5. The van der Waals surface area contributed by atoms with E-state index >= 15 is 0 Å². The molecular formula is C28H27F2NO2. The van der Waals surface area contributed by atoms with Crippen LogP contribution in [0.1, 0.15) is 76.3 Å². The van der Waals surface area contributed by atoms with Gasteiger partial charge in [0, 0.05) is 12.5 Å². The van der Waals surface area contributed by atoms with Crippen molar-refractivity contribution < 1.29 is 18.4 Å². The van der Waals surface area contributed by atoms with Crippen molar-refractivity contribution in [3.8, 4) is 0 Å². The van der Waals surface area contributed by atoms with Crippen molar-refractivity contribution in [2.45, 2.75) is 44.4 Å². The van der Waals surface area contributed by atoms with Gasteiger partial charge in [0.05, 0.1) is 11.1 Å². The maximum Gasteiger partial charge on any atom is 0.261 e. The minimum Gasteiger partial charge on any atom is -0.274 e. The van der Waals surface area contributed by atoms with Gasteiger partial charge in [-0.2, -0.15) is 0 Å². The third-order valence-electron chi connectivity index (χ3n) is 6.30. The molecule has 0 saturated heterocycles. The van der Waals surface area contributed by atoms with E-state index in [2.05, 4.69) is 0 Å². The van der Waals surface area contributed by atoms with E-state index in [0.29, 0.717) is 17.7 Å². The molecule has 1 aliphatic rings. The maximum absolute atomic E-state index is 13.4. The average Bonchev–Trinajstić information content (AvgIpc) is 3.07. The highest BCUT2D eigenvalue weighted by Gasteiger charge is 2.34. The fourth-order valence-electron chi connectivity index (χ4n) is 4.51. The number of halogens is 2. The first-order chi connectivity index (χ1) is 16.0. The summed E-state index contributed by atoms with van der Waals surface area (Å²) in [4.78, 5) is 26.2. The third-order valence-corrected chi connectivity index (χ3v) is 6.30. The molecule has 0 N–H and O–H groups in total. The summed E-state index contributed by atoms with van der Waals surface area (Å²) in [5, 5.41) is 0. The average molecular weight is 448 g/mol. The fraction of sp³-hybridized carbons (Fsp3) is 0.286. The Kier molecular flexibility index (Phi) is 7.28. The van der Waals surface area contributed by atoms with Crippen molar-refractivity contribution in [3.05, 3.63) is 107 Å². The van der Waals surface area contributed by atoms with Crippen molar-refractivity contribution in [2.75, 3.05) is 6.54 Å². The van der Waals surface area contributed by atoms with Gasteiger partial charge in [-0.05, 0) is 60.4 Å². The molecule has 3 aromatic carbocycles. The molecule has 1 heterocycles. The van der Waals surface area contributed by atoms with Crippen molar-refractivity contribution in [1.82, 2.24) is 4.90 Å². The van der Waals surface area contributed by atoms with Gasteiger partial charge in [-0.25, -0.2) is 8.78 Å². The highest BCUT2D eigenvalue weighted by Crippen LogP contribution is 2.31. The van der Waals surface area contributed by atoms with Crippen LogP contribution >= 0.6 is 0 Å². The van der Waals surface area contributed by atoms with Crippen molar-refractivity contribution in [3.63, 3.8) is 0 Å². The van der Waals surface area contributed by atoms with Crippen molar-refractivity contribution in [2.24, 2.45) is 0 Å². The normalized spacial score (nSPS) is 13.1. The summed E-state index contributed by atoms with van der Waals surface area (Å²) in [7, 11) is 0. The zero-order valence-corrected chi connectivity index (χ0v) is 18.5. The molecule has 3 nitrogen and oxygen atoms in total. The second-order valence-corrected chi connectivity index (χ2v) is 8.52. The van der Waals surface area contributed by atoms with E-state index in [1.54, 1.807) is 48.5 Å². The Morgan fingerprint density at radius 2 is 1.06 bits per heavy atom. The minimum absolute atomic E-state index is 0.0875. The van der Waals surface area contributed by atoms with E-state index in [-0.39, 0.29) is 29.4 Å². The van der Waals surface area contributed by atoms with Crippen LogP contribution in [0.5, 0.6) is 0 Å². The van der Waals surface area contributed by atoms with Gasteiger partial charge in [-0.1, -0.05) is 62.1 Å². The smallest absolute Gasteiger partial charge is 0.261 e. The number of benzene rings is 3. The van der Waals surface area contributed by atoms with Gasteiger partial charge in [0.2, 0.25) is 0 Å². The first kappa shape index (κ1) is 22.8. The summed E-state index contributed by atoms with van der Waals surface area (Å²) in [6.07, 6.45) is 5.60. The van der Waals surface area contributed by atoms with E-state index in [4.69, 9.17) is 0 Å². The predicted octanol–water partition coefficient (Wildman–Crippen LogP) is 6.73. The van der Waals surface area contributed by atoms with Crippen LogP contribution in [-0.2, 0) is 0 Å². The Morgan fingerprint density at radius 1 is 0.606 bits per heavy atom. The number of amides is 2. The summed E-state index contributed by atoms with van der Waals surface area (Å²) in [6, 6.07) is 20.0. The molecule has 0 aliphatic carbocycles. The Morgan fingerprint density at radius 3 is 1.58 bits per heavy atom. The molecule has 1 aliphatic heterocycles. The van der Waals surface area contributed by atoms with Crippen molar-refractivity contribution >= 4 is 11.8 Å². The standard InChI is InChI=1S/C28H27F2NO2/c29-22-15-11-20(12-16-22)24(21-13-17-23(30)18-14-21)8-4-2-1-3-7-19-31-27(32)25-9-5-6-10-26(25)28(31)33/h5-6,9-18,24H,1-4,7-8,19H2. The number of unbranched alkanes of at least 4 members (excludes halogenated alkanes) is 4. The lowest BCUT2D eigenvalue weighted by atomic mass is 9.86. The second-order valence-electron chi connectivity index (χ2n) is 8.52. The van der Waals surface area contributed by atoms with E-state index in [1.807, 2.05) is 0 Å². The maximum atomic E-state index is 13.4. The van der Waals surface area contributed by atoms with Crippen LogP contribution in [0.15, 0.2) is 72.8 Å². The molecule has 0 spiro atoms. The van der Waals surface area contributed by atoms with Gasteiger partial charge in [0.15, 0.2) is 0 Å².